The number of hydrogen-bond acceptors (Lipinski definition) is 5. The van der Waals surface area contributed by atoms with Gasteiger partial charge in [-0.2, -0.15) is 0 Å². The number of thiazole rings is 1. The standard InChI is InChI=1S/C25H20N4S/c1-17-24(28-22-10-6-5-9-21(22)27-17)26-15-18-11-13-20(14-12-18)25-29-23(16-30-25)19-7-3-2-4-8-19/h2-14,16H,15H2,1H3,(H,26,28). The number of para-hydroxylation sites is 2. The molecule has 0 radical (unpaired) electrons. The van der Waals surface area contributed by atoms with Crippen LogP contribution < -0.4 is 5.32 Å². The molecule has 1 N–H and O–H groups in total. The summed E-state index contributed by atoms with van der Waals surface area (Å²) >= 11 is 1.67. The van der Waals surface area contributed by atoms with Crippen molar-refractivity contribution in [1.29, 1.82) is 0 Å². The van der Waals surface area contributed by atoms with Crippen LogP contribution in [0, 0.1) is 6.92 Å². The molecule has 30 heavy (non-hydrogen) atoms. The van der Waals surface area contributed by atoms with Crippen LogP contribution in [0.15, 0.2) is 84.2 Å². The molecule has 5 heteroatoms. The van der Waals surface area contributed by atoms with Crippen LogP contribution in [0.1, 0.15) is 11.3 Å². The van der Waals surface area contributed by atoms with Gasteiger partial charge in [0.1, 0.15) is 10.8 Å². The second-order valence-electron chi connectivity index (χ2n) is 7.10. The number of aromatic nitrogens is 3. The van der Waals surface area contributed by atoms with Gasteiger partial charge in [0.25, 0.3) is 0 Å². The fourth-order valence-corrected chi connectivity index (χ4v) is 4.19. The van der Waals surface area contributed by atoms with E-state index in [1.807, 2.05) is 49.4 Å². The van der Waals surface area contributed by atoms with E-state index in [-0.39, 0.29) is 0 Å². The number of fused-ring (bicyclic) bond motifs is 1. The summed E-state index contributed by atoms with van der Waals surface area (Å²) in [5.74, 6) is 0.824. The van der Waals surface area contributed by atoms with Gasteiger partial charge >= 0.3 is 0 Å². The molecule has 0 bridgehead atoms. The molecule has 0 aliphatic carbocycles. The van der Waals surface area contributed by atoms with Gasteiger partial charge in [-0.3, -0.25) is 0 Å². The summed E-state index contributed by atoms with van der Waals surface area (Å²) in [4.78, 5) is 14.1. The van der Waals surface area contributed by atoms with Crippen LogP contribution in [-0.2, 0) is 6.54 Å². The molecule has 0 fully saturated rings. The van der Waals surface area contributed by atoms with Crippen molar-refractivity contribution < 1.29 is 0 Å². The monoisotopic (exact) mass is 408 g/mol. The lowest BCUT2D eigenvalue weighted by Gasteiger charge is -2.10. The normalized spacial score (nSPS) is 11.0. The first-order valence-corrected chi connectivity index (χ1v) is 10.7. The minimum atomic E-state index is 0.696. The minimum Gasteiger partial charge on any atom is -0.364 e. The molecule has 0 saturated heterocycles. The van der Waals surface area contributed by atoms with Crippen molar-refractivity contribution >= 4 is 28.2 Å². The second-order valence-corrected chi connectivity index (χ2v) is 7.96. The molecule has 0 aliphatic heterocycles. The molecule has 3 aromatic carbocycles. The smallest absolute Gasteiger partial charge is 0.148 e. The highest BCUT2D eigenvalue weighted by Crippen LogP contribution is 2.29. The van der Waals surface area contributed by atoms with Gasteiger partial charge in [-0.25, -0.2) is 15.0 Å². The Morgan fingerprint density at radius 2 is 1.43 bits per heavy atom. The van der Waals surface area contributed by atoms with Gasteiger partial charge in [0.05, 0.1) is 22.4 Å². The third-order valence-corrected chi connectivity index (χ3v) is 5.87. The molecular formula is C25H20N4S. The molecule has 0 amide bonds. The Labute approximate surface area is 179 Å². The Morgan fingerprint density at radius 3 is 2.20 bits per heavy atom. The predicted molar refractivity (Wildman–Crippen MR) is 125 cm³/mol. The third kappa shape index (κ3) is 3.80. The number of aryl methyl sites for hydroxylation is 1. The zero-order valence-corrected chi connectivity index (χ0v) is 17.4. The Morgan fingerprint density at radius 1 is 0.733 bits per heavy atom. The zero-order valence-electron chi connectivity index (χ0n) is 16.5. The summed E-state index contributed by atoms with van der Waals surface area (Å²) in [6.07, 6.45) is 0. The van der Waals surface area contributed by atoms with Gasteiger partial charge in [-0.05, 0) is 24.6 Å². The van der Waals surface area contributed by atoms with Crippen molar-refractivity contribution in [1.82, 2.24) is 15.0 Å². The highest BCUT2D eigenvalue weighted by Gasteiger charge is 2.08. The molecular weight excluding hydrogens is 388 g/mol. The van der Waals surface area contributed by atoms with Crippen molar-refractivity contribution in [2.45, 2.75) is 13.5 Å². The molecule has 0 spiro atoms. The fourth-order valence-electron chi connectivity index (χ4n) is 3.35. The van der Waals surface area contributed by atoms with E-state index in [1.54, 1.807) is 11.3 Å². The zero-order chi connectivity index (χ0) is 20.3. The van der Waals surface area contributed by atoms with Gasteiger partial charge in [0, 0.05) is 23.1 Å². The fraction of sp³-hybridized carbons (Fsp3) is 0.0800. The topological polar surface area (TPSA) is 50.7 Å². The maximum atomic E-state index is 4.80. The summed E-state index contributed by atoms with van der Waals surface area (Å²) in [5, 5.41) is 6.56. The Hall–Kier alpha value is -3.57. The summed E-state index contributed by atoms with van der Waals surface area (Å²) in [6, 6.07) is 26.7. The Balaban J connectivity index is 1.30. The van der Waals surface area contributed by atoms with Gasteiger partial charge in [0.2, 0.25) is 0 Å². The molecule has 0 saturated carbocycles. The van der Waals surface area contributed by atoms with Crippen LogP contribution in [0.25, 0.3) is 32.9 Å². The van der Waals surface area contributed by atoms with Crippen molar-refractivity contribution in [3.8, 4) is 21.8 Å². The second kappa shape index (κ2) is 8.05. The summed E-state index contributed by atoms with van der Waals surface area (Å²) < 4.78 is 0. The Kier molecular flexibility index (Phi) is 4.95. The minimum absolute atomic E-state index is 0.696. The average Bonchev–Trinajstić information content (AvgIpc) is 3.29. The lowest BCUT2D eigenvalue weighted by Crippen LogP contribution is -2.04. The van der Waals surface area contributed by atoms with Crippen LogP contribution in [0.3, 0.4) is 0 Å². The largest absolute Gasteiger partial charge is 0.364 e. The van der Waals surface area contributed by atoms with Crippen LogP contribution in [-0.4, -0.2) is 15.0 Å². The molecule has 2 aromatic heterocycles. The molecule has 0 aliphatic rings. The first-order valence-electron chi connectivity index (χ1n) is 9.84. The van der Waals surface area contributed by atoms with Crippen LogP contribution in [0.2, 0.25) is 0 Å². The quantitative estimate of drug-likeness (QED) is 0.369. The van der Waals surface area contributed by atoms with Crippen LogP contribution in [0.5, 0.6) is 0 Å². The van der Waals surface area contributed by atoms with E-state index in [9.17, 15) is 0 Å². The van der Waals surface area contributed by atoms with Crippen molar-refractivity contribution in [2.75, 3.05) is 5.32 Å². The number of anilines is 1. The van der Waals surface area contributed by atoms with Gasteiger partial charge in [-0.1, -0.05) is 66.7 Å². The molecule has 5 aromatic rings. The van der Waals surface area contributed by atoms with E-state index in [1.165, 1.54) is 5.56 Å². The third-order valence-electron chi connectivity index (χ3n) is 4.98. The molecule has 0 unspecified atom stereocenters. The molecule has 2 heterocycles. The number of benzene rings is 3. The number of nitrogens with zero attached hydrogens (tertiary/aromatic N) is 3. The maximum Gasteiger partial charge on any atom is 0.148 e. The van der Waals surface area contributed by atoms with E-state index < -0.39 is 0 Å². The maximum absolute atomic E-state index is 4.80. The molecule has 5 rings (SSSR count). The van der Waals surface area contributed by atoms with Crippen molar-refractivity contribution in [3.05, 3.63) is 95.5 Å². The summed E-state index contributed by atoms with van der Waals surface area (Å²) in [6.45, 7) is 2.68. The van der Waals surface area contributed by atoms with Crippen molar-refractivity contribution in [3.63, 3.8) is 0 Å². The molecule has 0 atom stereocenters. The van der Waals surface area contributed by atoms with Crippen LogP contribution in [0.4, 0.5) is 5.82 Å². The van der Waals surface area contributed by atoms with Gasteiger partial charge in [0.15, 0.2) is 0 Å². The van der Waals surface area contributed by atoms with E-state index in [4.69, 9.17) is 9.97 Å². The van der Waals surface area contributed by atoms with Gasteiger partial charge in [-0.15, -0.1) is 11.3 Å². The van der Waals surface area contributed by atoms with Crippen molar-refractivity contribution in [2.24, 2.45) is 0 Å². The summed E-state index contributed by atoms with van der Waals surface area (Å²) in [5.41, 5.74) is 7.21. The SMILES string of the molecule is Cc1nc2ccccc2nc1NCc1ccc(-c2nc(-c3ccccc3)cs2)cc1. The first kappa shape index (κ1) is 18.5. The highest BCUT2D eigenvalue weighted by molar-refractivity contribution is 7.13. The van der Waals surface area contributed by atoms with Crippen LogP contribution >= 0.6 is 11.3 Å². The van der Waals surface area contributed by atoms with E-state index in [0.29, 0.717) is 6.54 Å². The first-order chi connectivity index (χ1) is 14.8. The molecule has 4 nitrogen and oxygen atoms in total. The lowest BCUT2D eigenvalue weighted by molar-refractivity contribution is 1.08. The number of hydrogen-bond donors (Lipinski definition) is 1. The predicted octanol–water partition coefficient (Wildman–Crippen LogP) is 6.34. The van der Waals surface area contributed by atoms with E-state index in [2.05, 4.69) is 52.1 Å². The van der Waals surface area contributed by atoms with E-state index in [0.717, 1.165) is 44.4 Å². The van der Waals surface area contributed by atoms with Gasteiger partial charge < -0.3 is 5.32 Å². The van der Waals surface area contributed by atoms with E-state index >= 15 is 0 Å². The number of nitrogens with one attached hydrogen (secondary N) is 1. The summed E-state index contributed by atoms with van der Waals surface area (Å²) in [7, 11) is 0. The Bertz CT molecular complexity index is 1290. The lowest BCUT2D eigenvalue weighted by atomic mass is 10.1. The molecule has 146 valence electrons. The number of rotatable bonds is 5. The average molecular weight is 409 g/mol. The highest BCUT2D eigenvalue weighted by atomic mass is 32.1.